The van der Waals surface area contributed by atoms with Crippen molar-refractivity contribution in [2.45, 2.75) is 16.8 Å². The van der Waals surface area contributed by atoms with Crippen LogP contribution in [0.25, 0.3) is 0 Å². The lowest BCUT2D eigenvalue weighted by Crippen LogP contribution is -1.92. The van der Waals surface area contributed by atoms with Crippen molar-refractivity contribution in [1.82, 2.24) is 10.2 Å². The fourth-order valence-corrected chi connectivity index (χ4v) is 1.99. The van der Waals surface area contributed by atoms with Crippen LogP contribution >= 0.6 is 11.8 Å². The number of aromatic nitrogens is 2. The number of nitrogen functional groups attached to an aromatic ring is 1. The summed E-state index contributed by atoms with van der Waals surface area (Å²) in [6, 6.07) is 11.8. The lowest BCUT2D eigenvalue weighted by atomic mass is 10.2. The second kappa shape index (κ2) is 4.31. The summed E-state index contributed by atoms with van der Waals surface area (Å²) < 4.78 is 0. The van der Waals surface area contributed by atoms with Gasteiger partial charge in [0.05, 0.1) is 0 Å². The highest BCUT2D eigenvalue weighted by Crippen LogP contribution is 2.28. The summed E-state index contributed by atoms with van der Waals surface area (Å²) in [5, 5.41) is 8.67. The van der Waals surface area contributed by atoms with E-state index in [4.69, 9.17) is 5.73 Å². The maximum atomic E-state index is 5.47. The van der Waals surface area contributed by atoms with Gasteiger partial charge in [0, 0.05) is 4.90 Å². The van der Waals surface area contributed by atoms with Gasteiger partial charge in [-0.2, -0.15) is 0 Å². The Labute approximate surface area is 92.7 Å². The van der Waals surface area contributed by atoms with Crippen LogP contribution in [-0.4, -0.2) is 10.2 Å². The molecule has 2 rings (SSSR count). The average molecular weight is 217 g/mol. The van der Waals surface area contributed by atoms with Gasteiger partial charge in [-0.1, -0.05) is 30.0 Å². The standard InChI is InChI=1S/C11H11N3S/c1-8-4-2-3-5-9(8)15-11-7-6-10(12)13-14-11/h2-7H,1H3,(H2,12,13). The Kier molecular flexibility index (Phi) is 2.87. The van der Waals surface area contributed by atoms with Gasteiger partial charge in [-0.3, -0.25) is 0 Å². The fraction of sp³-hybridized carbons (Fsp3) is 0.0909. The Hall–Kier alpha value is -1.55. The number of nitrogens with zero attached hydrogens (tertiary/aromatic N) is 2. The van der Waals surface area contributed by atoms with Crippen LogP contribution in [0, 0.1) is 6.92 Å². The van der Waals surface area contributed by atoms with E-state index in [1.807, 2.05) is 18.2 Å². The second-order valence-electron chi connectivity index (χ2n) is 3.16. The minimum Gasteiger partial charge on any atom is -0.382 e. The smallest absolute Gasteiger partial charge is 0.146 e. The Balaban J connectivity index is 2.22. The molecule has 15 heavy (non-hydrogen) atoms. The summed E-state index contributed by atoms with van der Waals surface area (Å²) in [6.07, 6.45) is 0. The van der Waals surface area contributed by atoms with Gasteiger partial charge >= 0.3 is 0 Å². The van der Waals surface area contributed by atoms with E-state index >= 15 is 0 Å². The maximum absolute atomic E-state index is 5.47. The Morgan fingerprint density at radius 3 is 2.53 bits per heavy atom. The Morgan fingerprint density at radius 2 is 1.87 bits per heavy atom. The molecule has 0 fully saturated rings. The van der Waals surface area contributed by atoms with Gasteiger partial charge in [0.25, 0.3) is 0 Å². The summed E-state index contributed by atoms with van der Waals surface area (Å²) in [7, 11) is 0. The molecule has 0 aliphatic carbocycles. The number of aryl methyl sites for hydroxylation is 1. The zero-order valence-corrected chi connectivity index (χ0v) is 9.16. The van der Waals surface area contributed by atoms with Crippen molar-refractivity contribution in [2.75, 3.05) is 5.73 Å². The van der Waals surface area contributed by atoms with Crippen molar-refractivity contribution in [3.63, 3.8) is 0 Å². The van der Waals surface area contributed by atoms with Crippen molar-refractivity contribution in [1.29, 1.82) is 0 Å². The maximum Gasteiger partial charge on any atom is 0.146 e. The predicted octanol–water partition coefficient (Wildman–Crippen LogP) is 2.52. The van der Waals surface area contributed by atoms with Crippen LogP contribution in [0.4, 0.5) is 5.82 Å². The van der Waals surface area contributed by atoms with Crippen LogP contribution in [0.15, 0.2) is 46.3 Å². The molecule has 2 aromatic rings. The highest BCUT2D eigenvalue weighted by atomic mass is 32.2. The average Bonchev–Trinajstić information content (AvgIpc) is 2.25. The van der Waals surface area contributed by atoms with E-state index in [0.717, 1.165) is 5.03 Å². The van der Waals surface area contributed by atoms with Crippen LogP contribution in [-0.2, 0) is 0 Å². The van der Waals surface area contributed by atoms with Gasteiger partial charge in [-0.25, -0.2) is 0 Å². The number of benzene rings is 1. The van der Waals surface area contributed by atoms with Gasteiger partial charge in [0.1, 0.15) is 10.8 Å². The first kappa shape index (κ1) is 9.98. The summed E-state index contributed by atoms with van der Waals surface area (Å²) >= 11 is 1.59. The molecule has 1 aromatic heterocycles. The molecule has 0 saturated heterocycles. The molecule has 0 atom stereocenters. The molecule has 76 valence electrons. The zero-order chi connectivity index (χ0) is 10.7. The SMILES string of the molecule is Cc1ccccc1Sc1ccc(N)nn1. The lowest BCUT2D eigenvalue weighted by Gasteiger charge is -2.03. The zero-order valence-electron chi connectivity index (χ0n) is 8.34. The topological polar surface area (TPSA) is 51.8 Å². The van der Waals surface area contributed by atoms with E-state index in [2.05, 4.69) is 29.3 Å². The Bertz CT molecular complexity index is 454. The Morgan fingerprint density at radius 1 is 1.07 bits per heavy atom. The van der Waals surface area contributed by atoms with E-state index in [-0.39, 0.29) is 0 Å². The molecule has 0 radical (unpaired) electrons. The normalized spacial score (nSPS) is 10.2. The van der Waals surface area contributed by atoms with Gasteiger partial charge < -0.3 is 5.73 Å². The van der Waals surface area contributed by atoms with Crippen LogP contribution in [0.1, 0.15) is 5.56 Å². The van der Waals surface area contributed by atoms with Gasteiger partial charge in [-0.05, 0) is 30.7 Å². The van der Waals surface area contributed by atoms with Crippen molar-refractivity contribution in [3.8, 4) is 0 Å². The van der Waals surface area contributed by atoms with Crippen molar-refractivity contribution in [3.05, 3.63) is 42.0 Å². The number of hydrogen-bond donors (Lipinski definition) is 1. The summed E-state index contributed by atoms with van der Waals surface area (Å²) in [5.74, 6) is 0.448. The first-order valence-corrected chi connectivity index (χ1v) is 5.40. The molecule has 0 saturated carbocycles. The summed E-state index contributed by atoms with van der Waals surface area (Å²) in [6.45, 7) is 2.08. The van der Waals surface area contributed by atoms with Gasteiger partial charge in [0.15, 0.2) is 0 Å². The van der Waals surface area contributed by atoms with Gasteiger partial charge in [-0.15, -0.1) is 10.2 Å². The van der Waals surface area contributed by atoms with Crippen molar-refractivity contribution in [2.24, 2.45) is 0 Å². The number of anilines is 1. The molecule has 1 aromatic carbocycles. The highest BCUT2D eigenvalue weighted by molar-refractivity contribution is 7.99. The molecule has 0 amide bonds. The van der Waals surface area contributed by atoms with E-state index in [1.165, 1.54) is 10.5 Å². The largest absolute Gasteiger partial charge is 0.382 e. The van der Waals surface area contributed by atoms with E-state index in [9.17, 15) is 0 Å². The first-order valence-electron chi connectivity index (χ1n) is 4.58. The molecule has 3 nitrogen and oxygen atoms in total. The molecule has 4 heteroatoms. The predicted molar refractivity (Wildman–Crippen MR) is 61.7 cm³/mol. The molecule has 1 heterocycles. The minimum absolute atomic E-state index is 0.448. The van der Waals surface area contributed by atoms with Crippen LogP contribution in [0.3, 0.4) is 0 Å². The summed E-state index contributed by atoms with van der Waals surface area (Å²) in [4.78, 5) is 1.19. The highest BCUT2D eigenvalue weighted by Gasteiger charge is 2.01. The number of nitrogens with two attached hydrogens (primary N) is 1. The fourth-order valence-electron chi connectivity index (χ4n) is 1.17. The van der Waals surface area contributed by atoms with Crippen LogP contribution in [0.2, 0.25) is 0 Å². The lowest BCUT2D eigenvalue weighted by molar-refractivity contribution is 0.938. The summed E-state index contributed by atoms with van der Waals surface area (Å²) in [5.41, 5.74) is 6.70. The third-order valence-corrected chi connectivity index (χ3v) is 3.07. The van der Waals surface area contributed by atoms with E-state index in [1.54, 1.807) is 17.8 Å². The van der Waals surface area contributed by atoms with Crippen LogP contribution in [0.5, 0.6) is 0 Å². The van der Waals surface area contributed by atoms with Gasteiger partial charge in [0.2, 0.25) is 0 Å². The van der Waals surface area contributed by atoms with Crippen molar-refractivity contribution < 1.29 is 0 Å². The van der Waals surface area contributed by atoms with E-state index < -0.39 is 0 Å². The molecule has 2 N–H and O–H groups in total. The first-order chi connectivity index (χ1) is 7.25. The molecular formula is C11H11N3S. The number of hydrogen-bond acceptors (Lipinski definition) is 4. The molecular weight excluding hydrogens is 206 g/mol. The minimum atomic E-state index is 0.448. The quantitative estimate of drug-likeness (QED) is 0.839. The molecule has 0 aliphatic heterocycles. The third-order valence-electron chi connectivity index (χ3n) is 1.97. The molecule has 0 spiro atoms. The molecule has 0 unspecified atom stereocenters. The van der Waals surface area contributed by atoms with E-state index in [0.29, 0.717) is 5.82 Å². The molecule has 0 aliphatic rings. The van der Waals surface area contributed by atoms with Crippen LogP contribution < -0.4 is 5.73 Å². The monoisotopic (exact) mass is 217 g/mol. The molecule has 0 bridgehead atoms. The van der Waals surface area contributed by atoms with Crippen molar-refractivity contribution >= 4 is 17.6 Å². The number of rotatable bonds is 2. The third kappa shape index (κ3) is 2.47. The second-order valence-corrected chi connectivity index (χ2v) is 4.23.